The first-order chi connectivity index (χ1) is 11.6. The maximum absolute atomic E-state index is 5.28. The van der Waals surface area contributed by atoms with Gasteiger partial charge >= 0.3 is 43.8 Å². The van der Waals surface area contributed by atoms with E-state index in [1.165, 1.54) is 0 Å². The molecule has 2 aromatic rings. The van der Waals surface area contributed by atoms with E-state index in [0.29, 0.717) is 0 Å². The fraction of sp³-hybridized carbons (Fsp3) is 0.375. The quantitative estimate of drug-likeness (QED) is 0.251. The van der Waals surface area contributed by atoms with Crippen molar-refractivity contribution >= 4 is 28.0 Å². The molecule has 0 N–H and O–H groups in total. The van der Waals surface area contributed by atoms with Gasteiger partial charge in [-0.3, -0.25) is 0 Å². The molecule has 0 spiro atoms. The van der Waals surface area contributed by atoms with Crippen molar-refractivity contribution < 1.29 is 77.6 Å². The Morgan fingerprint density at radius 1 is 0.481 bits per heavy atom. The summed E-state index contributed by atoms with van der Waals surface area (Å²) in [6, 6.07) is 15.5. The first kappa shape index (κ1) is 32.0. The van der Waals surface area contributed by atoms with Gasteiger partial charge in [-0.15, -0.1) is 0 Å². The molecule has 0 aliphatic rings. The SMILES string of the molecule is CO[Si](OC)(OC)[c-]1cccc1.CO[Si](OC)(OC)[c-]1cccc1.[Cl-].[Cl-].[Zr+4]. The first-order valence-electron chi connectivity index (χ1n) is 7.33. The molecule has 0 unspecified atom stereocenters. The van der Waals surface area contributed by atoms with E-state index in [1.807, 2.05) is 48.5 Å². The molecule has 152 valence electrons. The Kier molecular flexibility index (Phi) is 19.2. The molecule has 0 atom stereocenters. The average Bonchev–Trinajstić information content (AvgIpc) is 3.34. The second-order valence-corrected chi connectivity index (χ2v) is 10.5. The van der Waals surface area contributed by atoms with Crippen molar-refractivity contribution in [2.75, 3.05) is 42.7 Å². The molecule has 0 saturated carbocycles. The molecule has 2 rings (SSSR count). The molecule has 0 aliphatic carbocycles. The zero-order valence-electron chi connectivity index (χ0n) is 16.3. The van der Waals surface area contributed by atoms with Crippen LogP contribution in [0, 0.1) is 0 Å². The summed E-state index contributed by atoms with van der Waals surface area (Å²) in [6.45, 7) is 0. The Labute approximate surface area is 195 Å². The van der Waals surface area contributed by atoms with Gasteiger partial charge in [0, 0.05) is 42.7 Å². The van der Waals surface area contributed by atoms with E-state index in [9.17, 15) is 0 Å². The van der Waals surface area contributed by atoms with Crippen LogP contribution in [0.2, 0.25) is 0 Å². The third-order valence-electron chi connectivity index (χ3n) is 3.64. The Balaban J connectivity index is -0.000000384. The van der Waals surface area contributed by atoms with Gasteiger partial charge in [0.25, 0.3) is 0 Å². The predicted octanol–water partition coefficient (Wildman–Crippen LogP) is -5.01. The summed E-state index contributed by atoms with van der Waals surface area (Å²) in [5.74, 6) is 0. The van der Waals surface area contributed by atoms with Gasteiger partial charge < -0.3 is 51.4 Å². The largest absolute Gasteiger partial charge is 4.00 e. The van der Waals surface area contributed by atoms with Crippen LogP contribution in [-0.2, 0) is 52.8 Å². The molecule has 27 heavy (non-hydrogen) atoms. The van der Waals surface area contributed by atoms with E-state index in [1.54, 1.807) is 42.7 Å². The molecule has 6 nitrogen and oxygen atoms in total. The maximum Gasteiger partial charge on any atom is 4.00 e. The van der Waals surface area contributed by atoms with Crippen molar-refractivity contribution in [2.24, 2.45) is 0 Å². The molecule has 0 radical (unpaired) electrons. The van der Waals surface area contributed by atoms with Gasteiger partial charge in [-0.2, -0.15) is 24.3 Å². The van der Waals surface area contributed by atoms with Gasteiger partial charge in [0.2, 0.25) is 0 Å². The van der Waals surface area contributed by atoms with Crippen LogP contribution in [0.3, 0.4) is 0 Å². The summed E-state index contributed by atoms with van der Waals surface area (Å²) < 4.78 is 31.7. The molecule has 0 amide bonds. The summed E-state index contributed by atoms with van der Waals surface area (Å²) in [6.07, 6.45) is 0. The molecule has 0 aromatic heterocycles. The van der Waals surface area contributed by atoms with Crippen molar-refractivity contribution in [3.8, 4) is 0 Å². The standard InChI is InChI=1S/2C8H13O3Si.2ClH.Zr/c2*1-9-12(10-2,11-3)8-6-4-5-7-8;;;/h2*4-7H,1-3H3;2*1H;/q2*-1;;;+4/p-2. The van der Waals surface area contributed by atoms with Crippen LogP contribution in [0.25, 0.3) is 0 Å². The van der Waals surface area contributed by atoms with Crippen molar-refractivity contribution in [1.29, 1.82) is 0 Å². The Morgan fingerprint density at radius 2 is 0.667 bits per heavy atom. The minimum atomic E-state index is -2.54. The monoisotopic (exact) mass is 530 g/mol. The van der Waals surface area contributed by atoms with E-state index >= 15 is 0 Å². The van der Waals surface area contributed by atoms with Gasteiger partial charge in [0.1, 0.15) is 0 Å². The minimum absolute atomic E-state index is 0. The number of hydrogen-bond donors (Lipinski definition) is 0. The van der Waals surface area contributed by atoms with Crippen LogP contribution in [0.5, 0.6) is 0 Å². The van der Waals surface area contributed by atoms with Gasteiger partial charge in [-0.05, 0) is 0 Å². The van der Waals surface area contributed by atoms with Gasteiger partial charge in [0.15, 0.2) is 0 Å². The summed E-state index contributed by atoms with van der Waals surface area (Å²) in [4.78, 5) is 0. The second-order valence-electron chi connectivity index (χ2n) is 4.68. The zero-order chi connectivity index (χ0) is 18.1. The fourth-order valence-electron chi connectivity index (χ4n) is 2.36. The molecule has 0 fully saturated rings. The summed E-state index contributed by atoms with van der Waals surface area (Å²) in [7, 11) is 4.54. The van der Waals surface area contributed by atoms with E-state index in [0.717, 1.165) is 10.4 Å². The minimum Gasteiger partial charge on any atom is -1.00 e. The van der Waals surface area contributed by atoms with Crippen LogP contribution < -0.4 is 35.2 Å². The number of rotatable bonds is 8. The second kappa shape index (κ2) is 16.2. The molecule has 0 saturated heterocycles. The predicted molar refractivity (Wildman–Crippen MR) is 96.9 cm³/mol. The van der Waals surface area contributed by atoms with Crippen molar-refractivity contribution in [1.82, 2.24) is 0 Å². The zero-order valence-corrected chi connectivity index (χ0v) is 22.3. The summed E-state index contributed by atoms with van der Waals surface area (Å²) >= 11 is 0. The van der Waals surface area contributed by atoms with Gasteiger partial charge in [-0.1, -0.05) is 10.4 Å². The topological polar surface area (TPSA) is 55.4 Å². The smallest absolute Gasteiger partial charge is 1.00 e. The van der Waals surface area contributed by atoms with Crippen molar-refractivity contribution in [2.45, 2.75) is 0 Å². The molecular formula is C16H26Cl2O6Si2Zr. The van der Waals surface area contributed by atoms with Gasteiger partial charge in [0.05, 0.1) is 0 Å². The van der Waals surface area contributed by atoms with Crippen LogP contribution in [-0.4, -0.2) is 60.3 Å². The van der Waals surface area contributed by atoms with E-state index < -0.39 is 17.6 Å². The molecular weight excluding hydrogens is 506 g/mol. The van der Waals surface area contributed by atoms with Crippen molar-refractivity contribution in [3.05, 3.63) is 48.5 Å². The van der Waals surface area contributed by atoms with Crippen LogP contribution in [0.15, 0.2) is 48.5 Å². The average molecular weight is 533 g/mol. The third-order valence-corrected chi connectivity index (χ3v) is 8.95. The Bertz CT molecular complexity index is 482. The first-order valence-corrected chi connectivity index (χ1v) is 10.8. The Morgan fingerprint density at radius 3 is 0.815 bits per heavy atom. The summed E-state index contributed by atoms with van der Waals surface area (Å²) in [5.41, 5.74) is 0. The molecule has 2 aromatic carbocycles. The van der Waals surface area contributed by atoms with E-state index in [-0.39, 0.29) is 51.0 Å². The molecule has 0 bridgehead atoms. The fourth-order valence-corrected chi connectivity index (χ4v) is 5.98. The van der Waals surface area contributed by atoms with Crippen LogP contribution in [0.4, 0.5) is 0 Å². The number of halogens is 2. The normalized spacial score (nSPS) is 10.6. The van der Waals surface area contributed by atoms with Crippen LogP contribution in [0.1, 0.15) is 0 Å². The Hall–Kier alpha value is 0.357. The van der Waals surface area contributed by atoms with E-state index in [2.05, 4.69) is 0 Å². The molecule has 11 heteroatoms. The molecule has 0 aliphatic heterocycles. The van der Waals surface area contributed by atoms with Crippen LogP contribution >= 0.6 is 0 Å². The van der Waals surface area contributed by atoms with Gasteiger partial charge in [-0.25, -0.2) is 24.3 Å². The maximum atomic E-state index is 5.28. The van der Waals surface area contributed by atoms with Crippen molar-refractivity contribution in [3.63, 3.8) is 0 Å². The molecule has 0 heterocycles. The summed E-state index contributed by atoms with van der Waals surface area (Å²) in [5, 5.41) is 1.99. The van der Waals surface area contributed by atoms with E-state index in [4.69, 9.17) is 26.6 Å². The third kappa shape index (κ3) is 7.95. The number of hydrogen-bond acceptors (Lipinski definition) is 6.